The monoisotopic (exact) mass is 579 g/mol. The normalized spacial score (nSPS) is 12.7. The van der Waals surface area contributed by atoms with E-state index in [1.807, 2.05) is 58.9 Å². The molecule has 0 saturated carbocycles. The molecule has 3 rings (SSSR count). The molecule has 220 valence electrons. The van der Waals surface area contributed by atoms with Gasteiger partial charge in [0.15, 0.2) is 0 Å². The van der Waals surface area contributed by atoms with Gasteiger partial charge in [-0.05, 0) is 75.6 Å². The number of nitrogens with zero attached hydrogens (tertiary/aromatic N) is 2. The van der Waals surface area contributed by atoms with Gasteiger partial charge in [0, 0.05) is 12.6 Å². The molecule has 41 heavy (non-hydrogen) atoms. The summed E-state index contributed by atoms with van der Waals surface area (Å²) < 4.78 is 34.2. The highest BCUT2D eigenvalue weighted by Crippen LogP contribution is 2.26. The molecule has 0 aliphatic heterocycles. The van der Waals surface area contributed by atoms with Crippen LogP contribution < -0.4 is 14.4 Å². The van der Waals surface area contributed by atoms with Gasteiger partial charge in [-0.15, -0.1) is 0 Å². The molecule has 1 N–H and O–H groups in total. The van der Waals surface area contributed by atoms with Crippen molar-refractivity contribution in [1.82, 2.24) is 10.2 Å². The first-order valence-corrected chi connectivity index (χ1v) is 15.3. The molecule has 0 fully saturated rings. The smallest absolute Gasteiger partial charge is 0.264 e. The van der Waals surface area contributed by atoms with E-state index in [4.69, 9.17) is 4.74 Å². The Morgan fingerprint density at radius 3 is 1.93 bits per heavy atom. The number of hydrogen-bond donors (Lipinski definition) is 1. The number of methoxy groups -OCH3 is 1. The predicted molar refractivity (Wildman–Crippen MR) is 162 cm³/mol. The summed E-state index contributed by atoms with van der Waals surface area (Å²) in [6.07, 6.45) is 1.12. The van der Waals surface area contributed by atoms with E-state index in [2.05, 4.69) is 5.32 Å². The molecule has 2 unspecified atom stereocenters. The lowest BCUT2D eigenvalue weighted by Gasteiger charge is -2.33. The van der Waals surface area contributed by atoms with Crippen molar-refractivity contribution in [1.29, 1.82) is 0 Å². The fourth-order valence-corrected chi connectivity index (χ4v) is 5.78. The molecular weight excluding hydrogens is 538 g/mol. The number of anilines is 1. The van der Waals surface area contributed by atoms with Gasteiger partial charge in [0.25, 0.3) is 10.0 Å². The number of hydrogen-bond acceptors (Lipinski definition) is 5. The van der Waals surface area contributed by atoms with Crippen LogP contribution >= 0.6 is 0 Å². The standard InChI is InChI=1S/C32H41N3O5S/c1-7-25(5)33-32(37)30(8-2)34(21-26-13-9-23(3)10-14-26)31(36)22-35(27-15-11-24(4)12-16-27)41(38,39)29-19-17-28(40-6)18-20-29/h9-20,25,30H,7-8,21-22H2,1-6H3,(H,33,37). The number of nitrogens with one attached hydrogen (secondary N) is 1. The maximum absolute atomic E-state index is 14.1. The van der Waals surface area contributed by atoms with Crippen molar-refractivity contribution in [3.8, 4) is 5.75 Å². The average Bonchev–Trinajstić information content (AvgIpc) is 2.97. The lowest BCUT2D eigenvalue weighted by Crippen LogP contribution is -2.53. The van der Waals surface area contributed by atoms with E-state index in [9.17, 15) is 18.0 Å². The molecule has 8 nitrogen and oxygen atoms in total. The van der Waals surface area contributed by atoms with Crippen LogP contribution in [-0.2, 0) is 26.2 Å². The minimum atomic E-state index is -4.14. The quantitative estimate of drug-likeness (QED) is 0.299. The molecule has 2 atom stereocenters. The van der Waals surface area contributed by atoms with Crippen LogP contribution in [0.15, 0.2) is 77.7 Å². The lowest BCUT2D eigenvalue weighted by molar-refractivity contribution is -0.140. The van der Waals surface area contributed by atoms with Gasteiger partial charge in [-0.2, -0.15) is 0 Å². The van der Waals surface area contributed by atoms with Crippen molar-refractivity contribution in [2.45, 2.75) is 71.0 Å². The van der Waals surface area contributed by atoms with E-state index in [0.29, 0.717) is 17.9 Å². The molecule has 0 radical (unpaired) electrons. The van der Waals surface area contributed by atoms with Gasteiger partial charge in [-0.3, -0.25) is 13.9 Å². The second-order valence-electron chi connectivity index (χ2n) is 10.3. The van der Waals surface area contributed by atoms with Crippen LogP contribution in [0.2, 0.25) is 0 Å². The Hall–Kier alpha value is -3.85. The van der Waals surface area contributed by atoms with E-state index in [1.165, 1.54) is 24.1 Å². The van der Waals surface area contributed by atoms with Crippen LogP contribution in [0.4, 0.5) is 5.69 Å². The summed E-state index contributed by atoms with van der Waals surface area (Å²) >= 11 is 0. The summed E-state index contributed by atoms with van der Waals surface area (Å²) in [5.41, 5.74) is 3.23. The lowest BCUT2D eigenvalue weighted by atomic mass is 10.1. The van der Waals surface area contributed by atoms with Crippen LogP contribution in [0, 0.1) is 13.8 Å². The van der Waals surface area contributed by atoms with Crippen LogP contribution in [0.3, 0.4) is 0 Å². The SMILES string of the molecule is CCC(C)NC(=O)C(CC)N(Cc1ccc(C)cc1)C(=O)CN(c1ccc(C)cc1)S(=O)(=O)c1ccc(OC)cc1. The number of rotatable bonds is 13. The number of aryl methyl sites for hydroxylation is 2. The fourth-order valence-electron chi connectivity index (χ4n) is 4.37. The number of benzene rings is 3. The van der Waals surface area contributed by atoms with Gasteiger partial charge in [0.1, 0.15) is 18.3 Å². The molecule has 0 bridgehead atoms. The van der Waals surface area contributed by atoms with E-state index in [-0.39, 0.29) is 23.4 Å². The number of sulfonamides is 1. The fraction of sp³-hybridized carbons (Fsp3) is 0.375. The zero-order chi connectivity index (χ0) is 30.2. The summed E-state index contributed by atoms with van der Waals surface area (Å²) in [5.74, 6) is -0.221. The Labute approximate surface area is 244 Å². The number of carbonyl (C=O) groups excluding carboxylic acids is 2. The average molecular weight is 580 g/mol. The highest BCUT2D eigenvalue weighted by atomic mass is 32.2. The maximum atomic E-state index is 14.1. The summed E-state index contributed by atoms with van der Waals surface area (Å²) in [6.45, 7) is 9.31. The zero-order valence-electron chi connectivity index (χ0n) is 24.8. The Bertz CT molecular complexity index is 1410. The molecule has 0 spiro atoms. The third-order valence-corrected chi connectivity index (χ3v) is 8.90. The summed E-state index contributed by atoms with van der Waals surface area (Å²) in [4.78, 5) is 29.0. The number of amides is 2. The van der Waals surface area contributed by atoms with E-state index >= 15 is 0 Å². The molecule has 0 aromatic heterocycles. The molecule has 3 aromatic rings. The third kappa shape index (κ3) is 8.10. The van der Waals surface area contributed by atoms with Crippen LogP contribution in [0.5, 0.6) is 5.75 Å². The molecule has 0 aliphatic rings. The van der Waals surface area contributed by atoms with E-state index in [0.717, 1.165) is 27.4 Å². The molecule has 2 amide bonds. The van der Waals surface area contributed by atoms with Gasteiger partial charge in [-0.25, -0.2) is 8.42 Å². The number of ether oxygens (including phenoxy) is 1. The first kappa shape index (κ1) is 31.7. The Balaban J connectivity index is 2.05. The van der Waals surface area contributed by atoms with Crippen LogP contribution in [-0.4, -0.2) is 50.9 Å². The van der Waals surface area contributed by atoms with Crippen LogP contribution in [0.1, 0.15) is 50.3 Å². The molecular formula is C32H41N3O5S. The number of carbonyl (C=O) groups is 2. The van der Waals surface area contributed by atoms with Gasteiger partial charge in [-0.1, -0.05) is 61.4 Å². The van der Waals surface area contributed by atoms with Crippen LogP contribution in [0.25, 0.3) is 0 Å². The van der Waals surface area contributed by atoms with Crippen molar-refractivity contribution in [2.24, 2.45) is 0 Å². The van der Waals surface area contributed by atoms with Crippen molar-refractivity contribution in [3.63, 3.8) is 0 Å². The van der Waals surface area contributed by atoms with Gasteiger partial charge in [0.2, 0.25) is 11.8 Å². The molecule has 0 heterocycles. The molecule has 0 saturated heterocycles. The predicted octanol–water partition coefficient (Wildman–Crippen LogP) is 5.23. The summed E-state index contributed by atoms with van der Waals surface area (Å²) in [6, 6.07) is 19.9. The Morgan fingerprint density at radius 2 is 1.41 bits per heavy atom. The second kappa shape index (κ2) is 14.2. The van der Waals surface area contributed by atoms with Crippen molar-refractivity contribution in [2.75, 3.05) is 18.0 Å². The first-order valence-electron chi connectivity index (χ1n) is 13.9. The Kier molecular flexibility index (Phi) is 10.9. The van der Waals surface area contributed by atoms with Gasteiger partial charge < -0.3 is 15.0 Å². The topological polar surface area (TPSA) is 96.0 Å². The van der Waals surface area contributed by atoms with Gasteiger partial charge >= 0.3 is 0 Å². The minimum absolute atomic E-state index is 0.0262. The van der Waals surface area contributed by atoms with E-state index < -0.39 is 28.5 Å². The summed E-state index contributed by atoms with van der Waals surface area (Å²) in [5, 5.41) is 2.99. The largest absolute Gasteiger partial charge is 0.497 e. The highest BCUT2D eigenvalue weighted by Gasteiger charge is 2.34. The van der Waals surface area contributed by atoms with Crippen molar-refractivity contribution >= 4 is 27.5 Å². The van der Waals surface area contributed by atoms with Gasteiger partial charge in [0.05, 0.1) is 17.7 Å². The van der Waals surface area contributed by atoms with E-state index in [1.54, 1.807) is 36.4 Å². The second-order valence-corrected chi connectivity index (χ2v) is 12.1. The Morgan fingerprint density at radius 1 is 0.854 bits per heavy atom. The highest BCUT2D eigenvalue weighted by molar-refractivity contribution is 7.92. The summed E-state index contributed by atoms with van der Waals surface area (Å²) in [7, 11) is -2.64. The minimum Gasteiger partial charge on any atom is -0.497 e. The molecule has 3 aromatic carbocycles. The third-order valence-electron chi connectivity index (χ3n) is 7.11. The molecule has 9 heteroatoms. The molecule has 0 aliphatic carbocycles. The maximum Gasteiger partial charge on any atom is 0.264 e. The zero-order valence-corrected chi connectivity index (χ0v) is 25.6. The van der Waals surface area contributed by atoms with Crippen molar-refractivity contribution < 1.29 is 22.7 Å². The van der Waals surface area contributed by atoms with Crippen molar-refractivity contribution in [3.05, 3.63) is 89.5 Å². The first-order chi connectivity index (χ1) is 19.5.